The van der Waals surface area contributed by atoms with Crippen LogP contribution in [0.3, 0.4) is 0 Å². The second-order valence-electron chi connectivity index (χ2n) is 7.93. The number of nitrogens with zero attached hydrogens (tertiary/aromatic N) is 2. The van der Waals surface area contributed by atoms with E-state index in [4.69, 9.17) is 21.3 Å². The number of ether oxygens (including phenoxy) is 1. The Morgan fingerprint density at radius 3 is 2.47 bits per heavy atom. The molecule has 0 aliphatic rings. The van der Waals surface area contributed by atoms with E-state index >= 15 is 0 Å². The lowest BCUT2D eigenvalue weighted by molar-refractivity contribution is -0.113. The van der Waals surface area contributed by atoms with Crippen LogP contribution >= 0.6 is 23.4 Å². The summed E-state index contributed by atoms with van der Waals surface area (Å²) in [4.78, 5) is 31.1. The fraction of sp³-hybridized carbons (Fsp3) is 0.192. The molecule has 3 aromatic carbocycles. The van der Waals surface area contributed by atoms with Crippen molar-refractivity contribution in [3.05, 3.63) is 86.7 Å². The fourth-order valence-electron chi connectivity index (χ4n) is 3.73. The molecule has 34 heavy (non-hydrogen) atoms. The Bertz CT molecular complexity index is 1450. The first-order valence-electron chi connectivity index (χ1n) is 10.7. The van der Waals surface area contributed by atoms with Gasteiger partial charge in [-0.25, -0.2) is 4.98 Å². The Kier molecular flexibility index (Phi) is 6.95. The summed E-state index contributed by atoms with van der Waals surface area (Å²) >= 11 is 7.48. The third-order valence-electron chi connectivity index (χ3n) is 5.52. The van der Waals surface area contributed by atoms with E-state index in [-0.39, 0.29) is 17.2 Å². The number of aryl methyl sites for hydroxylation is 3. The molecule has 0 aliphatic carbocycles. The number of thioether (sulfide) groups is 1. The minimum Gasteiger partial charge on any atom is -0.495 e. The SMILES string of the molecule is COc1cc(Cl)c(C)cc1-n1c(SCC(=O)Nc2c(C)cccc2C)nc2ccccc2c1=O. The number of carbonyl (C=O) groups excluding carboxylic acids is 1. The average molecular weight is 494 g/mol. The Morgan fingerprint density at radius 2 is 1.76 bits per heavy atom. The van der Waals surface area contributed by atoms with Crippen LogP contribution in [0.2, 0.25) is 5.02 Å². The molecular weight excluding hydrogens is 470 g/mol. The van der Waals surface area contributed by atoms with Crippen LogP contribution in [0.4, 0.5) is 5.69 Å². The third-order valence-corrected chi connectivity index (χ3v) is 6.87. The molecule has 1 heterocycles. The Balaban J connectivity index is 1.76. The van der Waals surface area contributed by atoms with Crippen molar-refractivity contribution in [3.63, 3.8) is 0 Å². The van der Waals surface area contributed by atoms with Gasteiger partial charge in [-0.2, -0.15) is 0 Å². The molecule has 0 atom stereocenters. The van der Waals surface area contributed by atoms with E-state index in [1.165, 1.54) is 23.4 Å². The van der Waals surface area contributed by atoms with E-state index in [1.54, 1.807) is 30.3 Å². The van der Waals surface area contributed by atoms with Gasteiger partial charge in [0, 0.05) is 16.8 Å². The molecule has 0 radical (unpaired) electrons. The molecule has 0 fully saturated rings. The molecule has 8 heteroatoms. The molecule has 0 spiro atoms. The number of rotatable bonds is 6. The van der Waals surface area contributed by atoms with Gasteiger partial charge in [0.05, 0.1) is 29.5 Å². The van der Waals surface area contributed by atoms with E-state index in [0.29, 0.717) is 32.5 Å². The third kappa shape index (κ3) is 4.67. The molecule has 1 N–H and O–H groups in total. The van der Waals surface area contributed by atoms with Gasteiger partial charge in [0.25, 0.3) is 5.56 Å². The number of aromatic nitrogens is 2. The Morgan fingerprint density at radius 1 is 1.06 bits per heavy atom. The minimum absolute atomic E-state index is 0.0768. The van der Waals surface area contributed by atoms with Gasteiger partial charge in [0.1, 0.15) is 5.75 Å². The van der Waals surface area contributed by atoms with Crippen molar-refractivity contribution in [3.8, 4) is 11.4 Å². The molecule has 1 aromatic heterocycles. The zero-order valence-electron chi connectivity index (χ0n) is 19.3. The minimum atomic E-state index is -0.247. The van der Waals surface area contributed by atoms with Gasteiger partial charge in [-0.1, -0.05) is 53.7 Å². The van der Waals surface area contributed by atoms with Crippen LogP contribution in [0.15, 0.2) is 64.5 Å². The molecule has 174 valence electrons. The zero-order valence-corrected chi connectivity index (χ0v) is 20.9. The molecule has 1 amide bonds. The van der Waals surface area contributed by atoms with Gasteiger partial charge in [0.2, 0.25) is 5.91 Å². The van der Waals surface area contributed by atoms with Crippen LogP contribution in [-0.4, -0.2) is 28.3 Å². The van der Waals surface area contributed by atoms with Crippen LogP contribution < -0.4 is 15.6 Å². The molecule has 6 nitrogen and oxygen atoms in total. The van der Waals surface area contributed by atoms with Gasteiger partial charge in [0.15, 0.2) is 5.16 Å². The highest BCUT2D eigenvalue weighted by atomic mass is 35.5. The van der Waals surface area contributed by atoms with E-state index < -0.39 is 0 Å². The smallest absolute Gasteiger partial charge is 0.266 e. The van der Waals surface area contributed by atoms with Crippen LogP contribution in [0, 0.1) is 20.8 Å². The Hall–Kier alpha value is -3.29. The van der Waals surface area contributed by atoms with Crippen molar-refractivity contribution in [2.45, 2.75) is 25.9 Å². The van der Waals surface area contributed by atoms with Crippen molar-refractivity contribution in [1.29, 1.82) is 0 Å². The van der Waals surface area contributed by atoms with Gasteiger partial charge < -0.3 is 10.1 Å². The second kappa shape index (κ2) is 9.91. The molecule has 4 aromatic rings. The first-order valence-corrected chi connectivity index (χ1v) is 12.0. The summed E-state index contributed by atoms with van der Waals surface area (Å²) in [5.74, 6) is 0.334. The molecule has 4 rings (SSSR count). The first kappa shape index (κ1) is 23.9. The molecule has 0 bridgehead atoms. The number of carbonyl (C=O) groups is 1. The molecule has 0 saturated heterocycles. The van der Waals surface area contributed by atoms with E-state index in [0.717, 1.165) is 22.4 Å². The van der Waals surface area contributed by atoms with Gasteiger partial charge in [-0.15, -0.1) is 0 Å². The molecule has 0 unspecified atom stereocenters. The fourth-order valence-corrected chi connectivity index (χ4v) is 4.68. The summed E-state index contributed by atoms with van der Waals surface area (Å²) in [6.45, 7) is 5.76. The largest absolute Gasteiger partial charge is 0.495 e. The van der Waals surface area contributed by atoms with E-state index in [9.17, 15) is 9.59 Å². The van der Waals surface area contributed by atoms with Crippen LogP contribution in [-0.2, 0) is 4.79 Å². The number of methoxy groups -OCH3 is 1. The summed E-state index contributed by atoms with van der Waals surface area (Å²) in [6.07, 6.45) is 0. The van der Waals surface area contributed by atoms with Crippen molar-refractivity contribution >= 4 is 45.9 Å². The van der Waals surface area contributed by atoms with Crippen molar-refractivity contribution < 1.29 is 9.53 Å². The average Bonchev–Trinajstić information content (AvgIpc) is 2.82. The predicted molar refractivity (Wildman–Crippen MR) is 139 cm³/mol. The molecule has 0 saturated carbocycles. The summed E-state index contributed by atoms with van der Waals surface area (Å²) in [6, 6.07) is 16.5. The maximum absolute atomic E-state index is 13.6. The summed E-state index contributed by atoms with van der Waals surface area (Å²) < 4.78 is 7.02. The van der Waals surface area contributed by atoms with Gasteiger partial charge in [-0.3, -0.25) is 14.2 Å². The lowest BCUT2D eigenvalue weighted by atomic mass is 10.1. The zero-order chi connectivity index (χ0) is 24.4. The lowest BCUT2D eigenvalue weighted by Crippen LogP contribution is -2.23. The highest BCUT2D eigenvalue weighted by Gasteiger charge is 2.19. The second-order valence-corrected chi connectivity index (χ2v) is 9.28. The maximum Gasteiger partial charge on any atom is 0.266 e. The van der Waals surface area contributed by atoms with Crippen LogP contribution in [0.1, 0.15) is 16.7 Å². The van der Waals surface area contributed by atoms with Crippen molar-refractivity contribution in [2.75, 3.05) is 18.2 Å². The number of fused-ring (bicyclic) bond motifs is 1. The van der Waals surface area contributed by atoms with Gasteiger partial charge >= 0.3 is 0 Å². The topological polar surface area (TPSA) is 73.2 Å². The first-order chi connectivity index (χ1) is 16.3. The van der Waals surface area contributed by atoms with E-state index in [1.807, 2.05) is 45.0 Å². The number of halogens is 1. The monoisotopic (exact) mass is 493 g/mol. The van der Waals surface area contributed by atoms with Gasteiger partial charge in [-0.05, 0) is 55.7 Å². The quantitative estimate of drug-likeness (QED) is 0.275. The highest BCUT2D eigenvalue weighted by Crippen LogP contribution is 2.32. The lowest BCUT2D eigenvalue weighted by Gasteiger charge is -2.17. The van der Waals surface area contributed by atoms with Crippen molar-refractivity contribution in [2.24, 2.45) is 0 Å². The highest BCUT2D eigenvalue weighted by molar-refractivity contribution is 7.99. The molecular formula is C26H24ClN3O3S. The number of hydrogen-bond acceptors (Lipinski definition) is 5. The summed E-state index contributed by atoms with van der Waals surface area (Å²) in [5.41, 5.74) is 4.40. The normalized spacial score (nSPS) is 11.0. The van der Waals surface area contributed by atoms with E-state index in [2.05, 4.69) is 5.32 Å². The van der Waals surface area contributed by atoms with Crippen molar-refractivity contribution in [1.82, 2.24) is 9.55 Å². The number of nitrogens with one attached hydrogen (secondary N) is 1. The summed E-state index contributed by atoms with van der Waals surface area (Å²) in [7, 11) is 1.52. The maximum atomic E-state index is 13.6. The summed E-state index contributed by atoms with van der Waals surface area (Å²) in [5, 5.41) is 4.38. The number of para-hydroxylation sites is 2. The van der Waals surface area contributed by atoms with Crippen LogP contribution in [0.5, 0.6) is 5.75 Å². The molecule has 0 aliphatic heterocycles. The Labute approximate surface area is 206 Å². The number of hydrogen-bond donors (Lipinski definition) is 1. The van der Waals surface area contributed by atoms with Crippen LogP contribution in [0.25, 0.3) is 16.6 Å². The number of anilines is 1. The standard InChI is InChI=1S/C26H24ClN3O3S/c1-15-8-7-9-16(2)24(15)29-23(31)14-34-26-28-20-11-6-5-10-18(20)25(32)30(26)21-12-17(3)19(27)13-22(21)33-4/h5-13H,14H2,1-4H3,(H,29,31). The number of benzene rings is 3. The number of amides is 1. The predicted octanol–water partition coefficient (Wildman–Crippen LogP) is 5.70.